The summed E-state index contributed by atoms with van der Waals surface area (Å²) in [6.45, 7) is 0.427. The van der Waals surface area contributed by atoms with E-state index in [9.17, 15) is 9.59 Å². The topological polar surface area (TPSA) is 123 Å². The number of benzene rings is 1. The Labute approximate surface area is 154 Å². The van der Waals surface area contributed by atoms with Crippen LogP contribution in [0.2, 0.25) is 0 Å². The minimum absolute atomic E-state index is 0.0292. The molecule has 0 bridgehead atoms. The van der Waals surface area contributed by atoms with Crippen molar-refractivity contribution in [3.05, 3.63) is 35.9 Å². The van der Waals surface area contributed by atoms with E-state index in [2.05, 4.69) is 15.6 Å². The highest BCUT2D eigenvalue weighted by Crippen LogP contribution is 2.17. The Morgan fingerprint density at radius 2 is 1.81 bits per heavy atom. The van der Waals surface area contributed by atoms with E-state index in [1.807, 2.05) is 6.07 Å². The first-order valence-corrected chi connectivity index (χ1v) is 9.28. The molecule has 2 rings (SSSR count). The highest BCUT2D eigenvalue weighted by atomic mass is 16.2. The predicted octanol–water partition coefficient (Wildman–Crippen LogP) is 1.29. The molecule has 1 aliphatic rings. The first-order valence-electron chi connectivity index (χ1n) is 9.28. The summed E-state index contributed by atoms with van der Waals surface area (Å²) in [6.07, 6.45) is 6.58. The standard InChI is InChI=1S/C19H29N5O2/c20-19(21)22-13-7-12-16(18(26)23-15-10-5-2-6-11-15)24-17(25)14-8-3-1-4-9-14/h1,3-4,8-9,15-16H,2,5-7,10-13H2,(H,23,26)(H,24,25)(H4,20,21,22)/t16-/m0/s1. The Balaban J connectivity index is 1.96. The maximum absolute atomic E-state index is 12.7. The second-order valence-electron chi connectivity index (χ2n) is 6.68. The zero-order valence-electron chi connectivity index (χ0n) is 15.1. The molecule has 6 N–H and O–H groups in total. The summed E-state index contributed by atoms with van der Waals surface area (Å²) in [4.78, 5) is 29.1. The van der Waals surface area contributed by atoms with E-state index in [0.29, 0.717) is 24.9 Å². The number of amides is 2. The van der Waals surface area contributed by atoms with Crippen LogP contribution in [0.15, 0.2) is 35.3 Å². The van der Waals surface area contributed by atoms with Gasteiger partial charge in [0.2, 0.25) is 5.91 Å². The van der Waals surface area contributed by atoms with Crippen LogP contribution in [0.4, 0.5) is 0 Å². The fourth-order valence-electron chi connectivity index (χ4n) is 3.15. The third-order valence-electron chi connectivity index (χ3n) is 4.55. The van der Waals surface area contributed by atoms with Crippen LogP contribution in [0.25, 0.3) is 0 Å². The van der Waals surface area contributed by atoms with Gasteiger partial charge in [0.25, 0.3) is 5.91 Å². The average molecular weight is 359 g/mol. The van der Waals surface area contributed by atoms with Gasteiger partial charge in [-0.15, -0.1) is 0 Å². The fraction of sp³-hybridized carbons (Fsp3) is 0.526. The van der Waals surface area contributed by atoms with Crippen molar-refractivity contribution in [3.63, 3.8) is 0 Å². The smallest absolute Gasteiger partial charge is 0.251 e. The number of carbonyl (C=O) groups excluding carboxylic acids is 2. The molecular weight excluding hydrogens is 330 g/mol. The van der Waals surface area contributed by atoms with Crippen molar-refractivity contribution in [1.29, 1.82) is 0 Å². The zero-order valence-corrected chi connectivity index (χ0v) is 15.1. The fourth-order valence-corrected chi connectivity index (χ4v) is 3.15. The molecule has 1 saturated carbocycles. The Hall–Kier alpha value is -2.57. The van der Waals surface area contributed by atoms with Gasteiger partial charge in [-0.25, -0.2) is 0 Å². The van der Waals surface area contributed by atoms with Gasteiger partial charge in [-0.1, -0.05) is 37.5 Å². The number of carbonyl (C=O) groups is 2. The van der Waals surface area contributed by atoms with Gasteiger partial charge in [0, 0.05) is 18.2 Å². The molecule has 0 saturated heterocycles. The predicted molar refractivity (Wildman–Crippen MR) is 103 cm³/mol. The van der Waals surface area contributed by atoms with Crippen LogP contribution in [0.3, 0.4) is 0 Å². The van der Waals surface area contributed by atoms with E-state index < -0.39 is 6.04 Å². The summed E-state index contributed by atoms with van der Waals surface area (Å²) in [5.74, 6) is -0.358. The van der Waals surface area contributed by atoms with Crippen molar-refractivity contribution in [3.8, 4) is 0 Å². The van der Waals surface area contributed by atoms with E-state index in [4.69, 9.17) is 11.5 Å². The van der Waals surface area contributed by atoms with Gasteiger partial charge in [0.15, 0.2) is 5.96 Å². The Morgan fingerprint density at radius 1 is 1.12 bits per heavy atom. The molecule has 0 aliphatic heterocycles. The summed E-state index contributed by atoms with van der Waals surface area (Å²) in [5, 5.41) is 5.94. The quantitative estimate of drug-likeness (QED) is 0.317. The monoisotopic (exact) mass is 359 g/mol. The maximum Gasteiger partial charge on any atom is 0.251 e. The molecule has 7 nitrogen and oxygen atoms in total. The molecule has 1 fully saturated rings. The van der Waals surface area contributed by atoms with E-state index >= 15 is 0 Å². The van der Waals surface area contributed by atoms with Crippen molar-refractivity contribution in [2.75, 3.05) is 6.54 Å². The van der Waals surface area contributed by atoms with E-state index in [-0.39, 0.29) is 23.8 Å². The maximum atomic E-state index is 12.7. The second kappa shape index (κ2) is 10.4. The van der Waals surface area contributed by atoms with Crippen LogP contribution < -0.4 is 22.1 Å². The number of nitrogens with one attached hydrogen (secondary N) is 2. The molecule has 0 radical (unpaired) electrons. The van der Waals surface area contributed by atoms with Gasteiger partial charge in [-0.3, -0.25) is 14.6 Å². The number of nitrogens with zero attached hydrogens (tertiary/aromatic N) is 1. The Morgan fingerprint density at radius 3 is 2.46 bits per heavy atom. The third-order valence-corrected chi connectivity index (χ3v) is 4.55. The molecular formula is C19H29N5O2. The van der Waals surface area contributed by atoms with Gasteiger partial charge in [-0.05, 0) is 37.8 Å². The number of aliphatic imine (C=N–C) groups is 1. The van der Waals surface area contributed by atoms with Gasteiger partial charge >= 0.3 is 0 Å². The number of hydrogen-bond acceptors (Lipinski definition) is 3. The van der Waals surface area contributed by atoms with Gasteiger partial charge in [-0.2, -0.15) is 0 Å². The van der Waals surface area contributed by atoms with Crippen molar-refractivity contribution < 1.29 is 9.59 Å². The first-order chi connectivity index (χ1) is 12.6. The largest absolute Gasteiger partial charge is 0.370 e. The summed E-state index contributed by atoms with van der Waals surface area (Å²) in [7, 11) is 0. The normalized spacial score (nSPS) is 15.7. The number of rotatable bonds is 8. The minimum atomic E-state index is -0.598. The SMILES string of the molecule is NC(N)=NCCC[C@H](NC(=O)c1ccccc1)C(=O)NC1CCCCC1. The van der Waals surface area contributed by atoms with Crippen LogP contribution >= 0.6 is 0 Å². The van der Waals surface area contributed by atoms with E-state index in [1.54, 1.807) is 24.3 Å². The highest BCUT2D eigenvalue weighted by Gasteiger charge is 2.24. The lowest BCUT2D eigenvalue weighted by molar-refractivity contribution is -0.124. The third kappa shape index (κ3) is 6.74. The minimum Gasteiger partial charge on any atom is -0.370 e. The van der Waals surface area contributed by atoms with Crippen molar-refractivity contribution in [2.45, 2.75) is 57.0 Å². The molecule has 1 aromatic rings. The summed E-state index contributed by atoms with van der Waals surface area (Å²) in [6, 6.07) is 8.49. The lowest BCUT2D eigenvalue weighted by Crippen LogP contribution is -2.50. The van der Waals surface area contributed by atoms with Crippen LogP contribution in [0, 0.1) is 0 Å². The molecule has 26 heavy (non-hydrogen) atoms. The lowest BCUT2D eigenvalue weighted by Gasteiger charge is -2.26. The lowest BCUT2D eigenvalue weighted by atomic mass is 9.95. The highest BCUT2D eigenvalue weighted by molar-refractivity contribution is 5.97. The second-order valence-corrected chi connectivity index (χ2v) is 6.68. The van der Waals surface area contributed by atoms with Gasteiger partial charge in [0.1, 0.15) is 6.04 Å². The van der Waals surface area contributed by atoms with Crippen molar-refractivity contribution >= 4 is 17.8 Å². The molecule has 142 valence electrons. The van der Waals surface area contributed by atoms with Crippen LogP contribution in [0.1, 0.15) is 55.3 Å². The van der Waals surface area contributed by atoms with Gasteiger partial charge in [0.05, 0.1) is 0 Å². The molecule has 7 heteroatoms. The molecule has 1 aliphatic carbocycles. The Kier molecular flexibility index (Phi) is 7.92. The number of guanidine groups is 1. The van der Waals surface area contributed by atoms with Crippen LogP contribution in [0.5, 0.6) is 0 Å². The van der Waals surface area contributed by atoms with E-state index in [1.165, 1.54) is 6.42 Å². The van der Waals surface area contributed by atoms with E-state index in [0.717, 1.165) is 25.7 Å². The van der Waals surface area contributed by atoms with Crippen LogP contribution in [-0.2, 0) is 4.79 Å². The zero-order chi connectivity index (χ0) is 18.8. The molecule has 1 aromatic carbocycles. The number of nitrogens with two attached hydrogens (primary N) is 2. The Bertz CT molecular complexity index is 608. The average Bonchev–Trinajstić information content (AvgIpc) is 2.65. The summed E-state index contributed by atoms with van der Waals surface area (Å²) < 4.78 is 0. The molecule has 2 amide bonds. The van der Waals surface area contributed by atoms with Crippen LogP contribution in [-0.4, -0.2) is 36.4 Å². The molecule has 1 atom stereocenters. The van der Waals surface area contributed by atoms with Crippen molar-refractivity contribution in [2.24, 2.45) is 16.5 Å². The molecule has 0 unspecified atom stereocenters. The first kappa shape index (κ1) is 19.8. The summed E-state index contributed by atoms with van der Waals surface area (Å²) in [5.41, 5.74) is 11.2. The molecule has 0 spiro atoms. The van der Waals surface area contributed by atoms with Crippen molar-refractivity contribution in [1.82, 2.24) is 10.6 Å². The summed E-state index contributed by atoms with van der Waals surface area (Å²) >= 11 is 0. The number of hydrogen-bond donors (Lipinski definition) is 4. The molecule has 0 aromatic heterocycles. The van der Waals surface area contributed by atoms with Gasteiger partial charge < -0.3 is 22.1 Å². The molecule has 0 heterocycles.